The second-order valence-electron chi connectivity index (χ2n) is 6.31. The van der Waals surface area contributed by atoms with Crippen molar-refractivity contribution >= 4 is 23.3 Å². The van der Waals surface area contributed by atoms with Crippen molar-refractivity contribution in [1.82, 2.24) is 4.90 Å². The van der Waals surface area contributed by atoms with Crippen LogP contribution in [-0.4, -0.2) is 58.6 Å². The summed E-state index contributed by atoms with van der Waals surface area (Å²) in [6, 6.07) is 3.42. The van der Waals surface area contributed by atoms with E-state index in [9.17, 15) is 24.8 Å². The zero-order valence-corrected chi connectivity index (χ0v) is 13.7. The number of anilines is 1. The molecule has 1 aliphatic heterocycles. The highest BCUT2D eigenvalue weighted by molar-refractivity contribution is 5.98. The normalized spacial score (nSPS) is 22.7. The van der Waals surface area contributed by atoms with Crippen molar-refractivity contribution in [2.45, 2.75) is 37.5 Å². The quantitative estimate of drug-likeness (QED) is 0.589. The van der Waals surface area contributed by atoms with Gasteiger partial charge in [0.05, 0.1) is 11.0 Å². The monoisotopic (exact) mass is 349 g/mol. The van der Waals surface area contributed by atoms with E-state index >= 15 is 0 Å². The van der Waals surface area contributed by atoms with Crippen LogP contribution in [0.4, 0.5) is 11.4 Å². The highest BCUT2D eigenvalue weighted by Gasteiger charge is 2.40. The minimum Gasteiger partial charge on any atom is -0.480 e. The van der Waals surface area contributed by atoms with Crippen LogP contribution in [0.15, 0.2) is 18.2 Å². The number of carbonyl (C=O) groups is 2. The number of aliphatic carboxylic acids is 1. The van der Waals surface area contributed by atoms with Crippen molar-refractivity contribution in [2.75, 3.05) is 19.0 Å². The van der Waals surface area contributed by atoms with E-state index in [2.05, 4.69) is 5.32 Å². The fraction of sp³-hybridized carbons (Fsp3) is 0.500. The Bertz CT molecular complexity index is 718. The first-order valence-electron chi connectivity index (χ1n) is 8.02. The fourth-order valence-corrected chi connectivity index (χ4v) is 2.98. The van der Waals surface area contributed by atoms with Gasteiger partial charge in [-0.3, -0.25) is 14.9 Å². The Morgan fingerprint density at radius 3 is 2.68 bits per heavy atom. The number of hydrogen-bond donors (Lipinski definition) is 2. The molecule has 25 heavy (non-hydrogen) atoms. The number of methoxy groups -OCH3 is 1. The van der Waals surface area contributed by atoms with Crippen molar-refractivity contribution in [2.24, 2.45) is 0 Å². The first-order chi connectivity index (χ1) is 11.9. The smallest absolute Gasteiger partial charge is 0.326 e. The summed E-state index contributed by atoms with van der Waals surface area (Å²) in [5.74, 6) is -1.66. The summed E-state index contributed by atoms with van der Waals surface area (Å²) in [4.78, 5) is 36.1. The van der Waals surface area contributed by atoms with Gasteiger partial charge in [-0.2, -0.15) is 0 Å². The van der Waals surface area contributed by atoms with Crippen molar-refractivity contribution in [3.05, 3.63) is 33.9 Å². The lowest BCUT2D eigenvalue weighted by atomic mass is 10.1. The van der Waals surface area contributed by atoms with Gasteiger partial charge in [0.1, 0.15) is 11.7 Å². The third kappa shape index (κ3) is 3.55. The van der Waals surface area contributed by atoms with Gasteiger partial charge in [-0.1, -0.05) is 0 Å². The highest BCUT2D eigenvalue weighted by atomic mass is 16.6. The van der Waals surface area contributed by atoms with Crippen molar-refractivity contribution in [3.8, 4) is 0 Å². The number of nitrogens with zero attached hydrogens (tertiary/aromatic N) is 2. The zero-order chi connectivity index (χ0) is 18.1. The number of rotatable bonds is 6. The lowest BCUT2D eigenvalue weighted by Gasteiger charge is -2.21. The average molecular weight is 349 g/mol. The number of hydrogen-bond acceptors (Lipinski definition) is 6. The number of carboxylic acid groups (broad SMARTS) is 1. The topological polar surface area (TPSA) is 122 Å². The maximum atomic E-state index is 12.7. The SMILES string of the molecule is COC1CC(C(=O)O)N(C(=O)c2ccc(NC3CC3)c([N+](=O)[O-])c2)C1. The Morgan fingerprint density at radius 2 is 2.12 bits per heavy atom. The number of amides is 1. The zero-order valence-electron chi connectivity index (χ0n) is 13.7. The van der Waals surface area contributed by atoms with E-state index in [1.807, 2.05) is 0 Å². The highest BCUT2D eigenvalue weighted by Crippen LogP contribution is 2.32. The molecule has 2 unspecified atom stereocenters. The van der Waals surface area contributed by atoms with Crippen LogP contribution in [0.5, 0.6) is 0 Å². The molecule has 2 N–H and O–H groups in total. The summed E-state index contributed by atoms with van der Waals surface area (Å²) >= 11 is 0. The number of nitrogens with one attached hydrogen (secondary N) is 1. The van der Waals surface area contributed by atoms with Crippen LogP contribution in [0, 0.1) is 10.1 Å². The van der Waals surface area contributed by atoms with E-state index < -0.39 is 22.8 Å². The molecule has 1 heterocycles. The summed E-state index contributed by atoms with van der Waals surface area (Å²) in [5.41, 5.74) is 0.276. The fourth-order valence-electron chi connectivity index (χ4n) is 2.98. The minimum absolute atomic E-state index is 0.0936. The molecule has 0 aromatic heterocycles. The molecule has 2 aliphatic rings. The number of ether oxygens (including phenoxy) is 1. The first kappa shape index (κ1) is 17.2. The third-order valence-electron chi connectivity index (χ3n) is 4.52. The minimum atomic E-state index is -1.12. The van der Waals surface area contributed by atoms with Gasteiger partial charge in [-0.15, -0.1) is 0 Å². The summed E-state index contributed by atoms with van der Waals surface area (Å²) < 4.78 is 5.16. The molecule has 1 aromatic rings. The van der Waals surface area contributed by atoms with Crippen molar-refractivity contribution < 1.29 is 24.4 Å². The van der Waals surface area contributed by atoms with Crippen LogP contribution < -0.4 is 5.32 Å². The van der Waals surface area contributed by atoms with E-state index in [4.69, 9.17) is 4.74 Å². The van der Waals surface area contributed by atoms with Crippen LogP contribution in [0.1, 0.15) is 29.6 Å². The largest absolute Gasteiger partial charge is 0.480 e. The molecule has 134 valence electrons. The molecule has 9 nitrogen and oxygen atoms in total. The van der Waals surface area contributed by atoms with Crippen LogP contribution in [0.25, 0.3) is 0 Å². The summed E-state index contributed by atoms with van der Waals surface area (Å²) in [6.45, 7) is 0.141. The Balaban J connectivity index is 1.87. The van der Waals surface area contributed by atoms with E-state index in [0.717, 1.165) is 12.8 Å². The molecule has 1 aromatic carbocycles. The van der Waals surface area contributed by atoms with E-state index in [1.54, 1.807) is 0 Å². The Labute approximate surface area is 143 Å². The molecule has 9 heteroatoms. The molecule has 1 aliphatic carbocycles. The van der Waals surface area contributed by atoms with Gasteiger partial charge in [0.2, 0.25) is 0 Å². The molecule has 1 saturated heterocycles. The van der Waals surface area contributed by atoms with Gasteiger partial charge in [0.25, 0.3) is 11.6 Å². The lowest BCUT2D eigenvalue weighted by Crippen LogP contribution is -2.40. The number of likely N-dealkylation sites (tertiary alicyclic amines) is 1. The molecular formula is C16H19N3O6. The summed E-state index contributed by atoms with van der Waals surface area (Å²) in [6.07, 6.45) is 1.76. The van der Waals surface area contributed by atoms with Gasteiger partial charge in [0, 0.05) is 37.7 Å². The number of nitro groups is 1. The standard InChI is InChI=1S/C16H19N3O6/c1-25-11-7-14(16(21)22)18(8-11)15(20)9-2-5-12(17-10-3-4-10)13(6-9)19(23)24/h2,5-6,10-11,14,17H,3-4,7-8H2,1H3,(H,21,22). The maximum Gasteiger partial charge on any atom is 0.326 e. The van der Waals surface area contributed by atoms with Crippen LogP contribution in [0.3, 0.4) is 0 Å². The predicted molar refractivity (Wildman–Crippen MR) is 87.6 cm³/mol. The molecule has 0 radical (unpaired) electrons. The second-order valence-corrected chi connectivity index (χ2v) is 6.31. The van der Waals surface area contributed by atoms with E-state index in [-0.39, 0.29) is 36.4 Å². The van der Waals surface area contributed by atoms with Gasteiger partial charge in [-0.05, 0) is 25.0 Å². The van der Waals surface area contributed by atoms with E-state index in [0.29, 0.717) is 5.69 Å². The number of nitro benzene ring substituents is 1. The lowest BCUT2D eigenvalue weighted by molar-refractivity contribution is -0.384. The molecule has 0 spiro atoms. The third-order valence-corrected chi connectivity index (χ3v) is 4.52. The second kappa shape index (κ2) is 6.67. The molecule has 3 rings (SSSR count). The first-order valence-corrected chi connectivity index (χ1v) is 8.02. The molecule has 2 fully saturated rings. The summed E-state index contributed by atoms with van der Waals surface area (Å²) in [5, 5.41) is 23.7. The Morgan fingerprint density at radius 1 is 1.40 bits per heavy atom. The number of benzene rings is 1. The maximum absolute atomic E-state index is 12.7. The van der Waals surface area contributed by atoms with Crippen molar-refractivity contribution in [3.63, 3.8) is 0 Å². The molecule has 1 saturated carbocycles. The average Bonchev–Trinajstić information content (AvgIpc) is 3.28. The molecular weight excluding hydrogens is 330 g/mol. The van der Waals surface area contributed by atoms with Gasteiger partial charge in [-0.25, -0.2) is 4.79 Å². The Hall–Kier alpha value is -2.68. The number of carboxylic acids is 1. The molecule has 1 amide bonds. The van der Waals surface area contributed by atoms with Crippen LogP contribution >= 0.6 is 0 Å². The molecule has 0 bridgehead atoms. The summed E-state index contributed by atoms with van der Waals surface area (Å²) in [7, 11) is 1.46. The van der Waals surface area contributed by atoms with Gasteiger partial charge >= 0.3 is 5.97 Å². The van der Waals surface area contributed by atoms with Crippen molar-refractivity contribution in [1.29, 1.82) is 0 Å². The van der Waals surface area contributed by atoms with Gasteiger partial charge in [0.15, 0.2) is 0 Å². The van der Waals surface area contributed by atoms with Crippen LogP contribution in [-0.2, 0) is 9.53 Å². The number of carbonyl (C=O) groups excluding carboxylic acids is 1. The molecule has 2 atom stereocenters. The van der Waals surface area contributed by atoms with Gasteiger partial charge < -0.3 is 20.1 Å². The van der Waals surface area contributed by atoms with E-state index in [1.165, 1.54) is 30.2 Å². The van der Waals surface area contributed by atoms with Crippen LogP contribution in [0.2, 0.25) is 0 Å². The predicted octanol–water partition coefficient (Wildman–Crippen LogP) is 1.48. The Kier molecular flexibility index (Phi) is 4.58.